The number of fused-ring (bicyclic) bond motifs is 1. The summed E-state index contributed by atoms with van der Waals surface area (Å²) in [5.74, 6) is 0. The van der Waals surface area contributed by atoms with Crippen molar-refractivity contribution in [1.29, 1.82) is 0 Å². The molecule has 0 saturated heterocycles. The van der Waals surface area contributed by atoms with Gasteiger partial charge in [-0.05, 0) is 19.4 Å². The smallest absolute Gasteiger partial charge is 0.0945 e. The molecule has 0 amide bonds. The number of hydrogen-bond donors (Lipinski definition) is 1. The second-order valence-corrected chi connectivity index (χ2v) is 2.63. The minimum absolute atomic E-state index is 1.01. The average molecular weight is 177 g/mol. The highest BCUT2D eigenvalue weighted by atomic mass is 14.9. The molecule has 0 saturated carbocycles. The maximum absolute atomic E-state index is 4.21. The van der Waals surface area contributed by atoms with E-state index in [4.69, 9.17) is 0 Å². The van der Waals surface area contributed by atoms with Crippen molar-refractivity contribution in [2.45, 2.75) is 27.7 Å². The number of imidazole rings is 1. The van der Waals surface area contributed by atoms with Crippen LogP contribution in [0.15, 0.2) is 12.5 Å². The van der Waals surface area contributed by atoms with E-state index in [2.05, 4.69) is 15.0 Å². The number of pyridine rings is 1. The largest absolute Gasteiger partial charge is 0.343 e. The molecule has 1 N–H and O–H groups in total. The third-order valence-corrected chi connectivity index (χ3v) is 1.95. The van der Waals surface area contributed by atoms with Gasteiger partial charge < -0.3 is 4.98 Å². The van der Waals surface area contributed by atoms with E-state index in [0.717, 1.165) is 22.3 Å². The van der Waals surface area contributed by atoms with Gasteiger partial charge in [0.1, 0.15) is 0 Å². The van der Waals surface area contributed by atoms with E-state index < -0.39 is 0 Å². The minimum Gasteiger partial charge on any atom is -0.343 e. The van der Waals surface area contributed by atoms with Crippen molar-refractivity contribution in [2.24, 2.45) is 0 Å². The second kappa shape index (κ2) is 4.03. The lowest BCUT2D eigenvalue weighted by atomic mass is 10.2. The summed E-state index contributed by atoms with van der Waals surface area (Å²) in [7, 11) is 0. The van der Waals surface area contributed by atoms with Gasteiger partial charge in [0.2, 0.25) is 0 Å². The molecule has 0 atom stereocenters. The summed E-state index contributed by atoms with van der Waals surface area (Å²) in [5, 5.41) is 0. The van der Waals surface area contributed by atoms with Crippen LogP contribution in [0.3, 0.4) is 0 Å². The Morgan fingerprint density at radius 3 is 2.54 bits per heavy atom. The highest BCUT2D eigenvalue weighted by molar-refractivity contribution is 5.77. The van der Waals surface area contributed by atoms with E-state index in [1.165, 1.54) is 0 Å². The van der Waals surface area contributed by atoms with Crippen LogP contribution in [0, 0.1) is 13.8 Å². The summed E-state index contributed by atoms with van der Waals surface area (Å²) < 4.78 is 0. The first-order valence-electron chi connectivity index (χ1n) is 4.54. The molecule has 0 fully saturated rings. The number of rotatable bonds is 0. The van der Waals surface area contributed by atoms with Crippen LogP contribution in [0.4, 0.5) is 0 Å². The number of nitrogens with one attached hydrogen (secondary N) is 1. The molecule has 0 bridgehead atoms. The van der Waals surface area contributed by atoms with Gasteiger partial charge in [0.05, 0.1) is 23.6 Å². The molecule has 3 heteroatoms. The standard InChI is InChI=1S/C8H9N3.C2H6/c1-5-6(2)9-3-7-8(5)11-4-10-7;1-2/h3-4H,1-2H3,(H,10,11);1-2H3. The van der Waals surface area contributed by atoms with Gasteiger partial charge in [-0.3, -0.25) is 4.98 Å². The van der Waals surface area contributed by atoms with E-state index in [1.807, 2.05) is 33.9 Å². The summed E-state index contributed by atoms with van der Waals surface area (Å²) in [6.45, 7) is 8.02. The molecule has 0 spiro atoms. The monoisotopic (exact) mass is 177 g/mol. The summed E-state index contributed by atoms with van der Waals surface area (Å²) in [5.41, 5.74) is 4.24. The molecule has 3 nitrogen and oxygen atoms in total. The van der Waals surface area contributed by atoms with Crippen molar-refractivity contribution < 1.29 is 0 Å². The number of hydrogen-bond acceptors (Lipinski definition) is 2. The van der Waals surface area contributed by atoms with Crippen LogP contribution in [-0.4, -0.2) is 15.0 Å². The molecule has 2 rings (SSSR count). The summed E-state index contributed by atoms with van der Waals surface area (Å²) in [6, 6.07) is 0. The maximum atomic E-state index is 4.21. The molecular weight excluding hydrogens is 162 g/mol. The lowest BCUT2D eigenvalue weighted by Gasteiger charge is -1.97. The van der Waals surface area contributed by atoms with Crippen LogP contribution in [0.1, 0.15) is 25.1 Å². The normalized spacial score (nSPS) is 9.54. The van der Waals surface area contributed by atoms with Crippen LogP contribution >= 0.6 is 0 Å². The fourth-order valence-electron chi connectivity index (χ4n) is 1.13. The molecule has 2 aromatic heterocycles. The van der Waals surface area contributed by atoms with Gasteiger partial charge >= 0.3 is 0 Å². The van der Waals surface area contributed by atoms with Crippen molar-refractivity contribution in [2.75, 3.05) is 0 Å². The Kier molecular flexibility index (Phi) is 3.01. The lowest BCUT2D eigenvalue weighted by Crippen LogP contribution is -1.86. The quantitative estimate of drug-likeness (QED) is 0.672. The van der Waals surface area contributed by atoms with Crippen LogP contribution in [0.2, 0.25) is 0 Å². The number of H-pyrrole nitrogens is 1. The predicted octanol–water partition coefficient (Wildman–Crippen LogP) is 2.60. The molecule has 0 aromatic carbocycles. The number of nitrogens with zero attached hydrogens (tertiary/aromatic N) is 2. The van der Waals surface area contributed by atoms with Crippen molar-refractivity contribution >= 4 is 11.0 Å². The summed E-state index contributed by atoms with van der Waals surface area (Å²) >= 11 is 0. The van der Waals surface area contributed by atoms with Gasteiger partial charge in [0.25, 0.3) is 0 Å². The molecule has 2 aromatic rings. The molecule has 0 unspecified atom stereocenters. The lowest BCUT2D eigenvalue weighted by molar-refractivity contribution is 1.17. The second-order valence-electron chi connectivity index (χ2n) is 2.63. The topological polar surface area (TPSA) is 41.6 Å². The average Bonchev–Trinajstić information content (AvgIpc) is 2.63. The molecular formula is C10H15N3. The van der Waals surface area contributed by atoms with Crippen LogP contribution < -0.4 is 0 Å². The molecule has 0 aliphatic heterocycles. The third-order valence-electron chi connectivity index (χ3n) is 1.95. The van der Waals surface area contributed by atoms with Crippen molar-refractivity contribution in [3.05, 3.63) is 23.8 Å². The first-order valence-corrected chi connectivity index (χ1v) is 4.54. The van der Waals surface area contributed by atoms with Crippen LogP contribution in [0.5, 0.6) is 0 Å². The van der Waals surface area contributed by atoms with Gasteiger partial charge in [0.15, 0.2) is 0 Å². The van der Waals surface area contributed by atoms with E-state index in [1.54, 1.807) is 6.33 Å². The number of aryl methyl sites for hydroxylation is 2. The molecule has 0 radical (unpaired) electrons. The van der Waals surface area contributed by atoms with Crippen LogP contribution in [0.25, 0.3) is 11.0 Å². The zero-order valence-corrected chi connectivity index (χ0v) is 8.55. The number of aromatic nitrogens is 3. The van der Waals surface area contributed by atoms with E-state index in [9.17, 15) is 0 Å². The Bertz CT molecular complexity index is 390. The molecule has 2 heterocycles. The third kappa shape index (κ3) is 1.69. The van der Waals surface area contributed by atoms with Gasteiger partial charge in [-0.1, -0.05) is 13.8 Å². The molecule has 0 aliphatic carbocycles. The zero-order chi connectivity index (χ0) is 9.84. The van der Waals surface area contributed by atoms with E-state index in [0.29, 0.717) is 0 Å². The van der Waals surface area contributed by atoms with E-state index in [-0.39, 0.29) is 0 Å². The van der Waals surface area contributed by atoms with Crippen molar-refractivity contribution in [1.82, 2.24) is 15.0 Å². The summed E-state index contributed by atoms with van der Waals surface area (Å²) in [4.78, 5) is 11.4. The van der Waals surface area contributed by atoms with Crippen molar-refractivity contribution in [3.8, 4) is 0 Å². The fourth-order valence-corrected chi connectivity index (χ4v) is 1.13. The Hall–Kier alpha value is -1.38. The minimum atomic E-state index is 1.01. The molecule has 70 valence electrons. The zero-order valence-electron chi connectivity index (χ0n) is 8.55. The van der Waals surface area contributed by atoms with Gasteiger partial charge in [-0.25, -0.2) is 4.98 Å². The van der Waals surface area contributed by atoms with Gasteiger partial charge in [0, 0.05) is 5.69 Å². The number of aromatic amines is 1. The fraction of sp³-hybridized carbons (Fsp3) is 0.400. The first-order chi connectivity index (χ1) is 6.29. The predicted molar refractivity (Wildman–Crippen MR) is 54.7 cm³/mol. The first kappa shape index (κ1) is 9.71. The highest BCUT2D eigenvalue weighted by Crippen LogP contribution is 2.14. The van der Waals surface area contributed by atoms with Crippen molar-refractivity contribution in [3.63, 3.8) is 0 Å². The Labute approximate surface area is 78.2 Å². The summed E-state index contributed by atoms with van der Waals surface area (Å²) in [6.07, 6.45) is 3.50. The molecule has 13 heavy (non-hydrogen) atoms. The Morgan fingerprint density at radius 1 is 1.15 bits per heavy atom. The Morgan fingerprint density at radius 2 is 1.85 bits per heavy atom. The van der Waals surface area contributed by atoms with Gasteiger partial charge in [-0.15, -0.1) is 0 Å². The van der Waals surface area contributed by atoms with Crippen LogP contribution in [-0.2, 0) is 0 Å². The maximum Gasteiger partial charge on any atom is 0.0945 e. The Balaban J connectivity index is 0.000000396. The highest BCUT2D eigenvalue weighted by Gasteiger charge is 2.01. The van der Waals surface area contributed by atoms with Gasteiger partial charge in [-0.2, -0.15) is 0 Å². The van der Waals surface area contributed by atoms with E-state index >= 15 is 0 Å². The molecule has 0 aliphatic rings. The SMILES string of the molecule is CC.Cc1ncc2[nH]cnc2c1C.